The first kappa shape index (κ1) is 33.8. The van der Waals surface area contributed by atoms with E-state index in [1.807, 2.05) is 115 Å². The summed E-state index contributed by atoms with van der Waals surface area (Å²) in [6.45, 7) is 0.952. The number of carbonyl (C=O) groups excluding carboxylic acids is 3. The van der Waals surface area contributed by atoms with Gasteiger partial charge in [-0.3, -0.25) is 14.4 Å². The van der Waals surface area contributed by atoms with E-state index in [0.717, 1.165) is 30.2 Å². The second-order valence-electron chi connectivity index (χ2n) is 11.0. The first-order chi connectivity index (χ1) is 22.3. The molecular weight excluding hydrogens is 774 g/mol. The van der Waals surface area contributed by atoms with Crippen molar-refractivity contribution in [3.8, 4) is 0 Å². The van der Waals surface area contributed by atoms with Gasteiger partial charge in [0.2, 0.25) is 11.8 Å². The van der Waals surface area contributed by atoms with Crippen LogP contribution in [-0.4, -0.2) is 42.3 Å². The van der Waals surface area contributed by atoms with Crippen molar-refractivity contribution < 1.29 is 14.4 Å². The van der Waals surface area contributed by atoms with Crippen molar-refractivity contribution in [3.63, 3.8) is 0 Å². The van der Waals surface area contributed by atoms with Crippen LogP contribution < -0.4 is 9.80 Å². The van der Waals surface area contributed by atoms with Gasteiger partial charge in [-0.05, 0) is 84.6 Å². The molecule has 0 aromatic heterocycles. The first-order valence-electron chi connectivity index (χ1n) is 15.2. The van der Waals surface area contributed by atoms with Gasteiger partial charge >= 0.3 is 0 Å². The monoisotopic (exact) mass is 805 g/mol. The summed E-state index contributed by atoms with van der Waals surface area (Å²) in [4.78, 5) is 47.6. The molecule has 0 spiro atoms. The zero-order valence-electron chi connectivity index (χ0n) is 25.2. The minimum Gasteiger partial charge on any atom is -0.326 e. The lowest BCUT2D eigenvalue weighted by Gasteiger charge is -2.35. The Labute approximate surface area is 295 Å². The standard InChI is InChI=1S/C37H34Br3N3O3/c38-29-13-11-27(12-14-29)23-26-43-35(45)10-6-9-34(44)41(32-19-15-30(39)16-20-32)24-4-5-25-42(33-21-17-31(40)18-22-33)37(46)36(43)28-7-2-1-3-8-28/h1-5,7-8,11-22,36H,6,9-10,23-26H2/b5-4-. The molecule has 5 rings (SSSR count). The smallest absolute Gasteiger partial charge is 0.254 e. The summed E-state index contributed by atoms with van der Waals surface area (Å²) in [6, 6.07) is 31.8. The summed E-state index contributed by atoms with van der Waals surface area (Å²) in [5.41, 5.74) is 3.29. The van der Waals surface area contributed by atoms with Crippen molar-refractivity contribution in [1.82, 2.24) is 4.90 Å². The Morgan fingerprint density at radius 3 is 1.67 bits per heavy atom. The Morgan fingerprint density at radius 1 is 0.587 bits per heavy atom. The molecule has 0 bridgehead atoms. The fraction of sp³-hybridized carbons (Fsp3) is 0.216. The zero-order valence-corrected chi connectivity index (χ0v) is 30.0. The molecule has 236 valence electrons. The van der Waals surface area contributed by atoms with Crippen molar-refractivity contribution >= 4 is 76.9 Å². The molecule has 9 heteroatoms. The topological polar surface area (TPSA) is 60.9 Å². The van der Waals surface area contributed by atoms with Crippen molar-refractivity contribution in [1.29, 1.82) is 0 Å². The SMILES string of the molecule is O=C1CCCC(=O)N(CCc2ccc(Br)cc2)C(c2ccccc2)C(=O)N(c2ccc(Br)cc2)C/C=C\CN1c1ccc(Br)cc1. The predicted octanol–water partition coefficient (Wildman–Crippen LogP) is 8.89. The minimum atomic E-state index is -0.848. The molecule has 1 aliphatic heterocycles. The minimum absolute atomic E-state index is 0.0568. The lowest BCUT2D eigenvalue weighted by Crippen LogP contribution is -2.46. The number of rotatable bonds is 6. The number of anilines is 2. The Kier molecular flexibility index (Phi) is 12.0. The van der Waals surface area contributed by atoms with Crippen LogP contribution in [0.25, 0.3) is 0 Å². The Hall–Kier alpha value is -3.53. The van der Waals surface area contributed by atoms with Crippen LogP contribution >= 0.6 is 47.8 Å². The van der Waals surface area contributed by atoms with E-state index in [9.17, 15) is 14.4 Å². The Balaban J connectivity index is 1.55. The summed E-state index contributed by atoms with van der Waals surface area (Å²) in [5.74, 6) is -0.412. The van der Waals surface area contributed by atoms with Gasteiger partial charge in [-0.2, -0.15) is 0 Å². The molecular formula is C37H34Br3N3O3. The molecule has 1 aliphatic rings. The van der Waals surface area contributed by atoms with Crippen molar-refractivity contribution in [2.75, 3.05) is 29.4 Å². The average Bonchev–Trinajstić information content (AvgIpc) is 3.06. The van der Waals surface area contributed by atoms with Gasteiger partial charge in [-0.15, -0.1) is 0 Å². The summed E-state index contributed by atoms with van der Waals surface area (Å²) in [5, 5.41) is 0. The third-order valence-corrected chi connectivity index (χ3v) is 9.49. The molecule has 4 aromatic rings. The highest BCUT2D eigenvalue weighted by Crippen LogP contribution is 2.30. The maximum atomic E-state index is 14.8. The van der Waals surface area contributed by atoms with E-state index in [2.05, 4.69) is 47.8 Å². The molecule has 46 heavy (non-hydrogen) atoms. The van der Waals surface area contributed by atoms with Gasteiger partial charge in [0.15, 0.2) is 0 Å². The molecule has 0 saturated carbocycles. The number of hydrogen-bond donors (Lipinski definition) is 0. The molecule has 0 saturated heterocycles. The second kappa shape index (κ2) is 16.3. The number of amides is 3. The third-order valence-electron chi connectivity index (χ3n) is 7.90. The van der Waals surface area contributed by atoms with Crippen molar-refractivity contribution in [2.45, 2.75) is 31.7 Å². The van der Waals surface area contributed by atoms with E-state index in [4.69, 9.17) is 0 Å². The van der Waals surface area contributed by atoms with Crippen LogP contribution in [0.2, 0.25) is 0 Å². The van der Waals surface area contributed by atoms with Gasteiger partial charge in [-0.1, -0.05) is 102 Å². The number of benzene rings is 4. The molecule has 0 fully saturated rings. The van der Waals surface area contributed by atoms with E-state index in [0.29, 0.717) is 31.6 Å². The maximum absolute atomic E-state index is 14.8. The molecule has 0 N–H and O–H groups in total. The fourth-order valence-electron chi connectivity index (χ4n) is 5.48. The zero-order chi connectivity index (χ0) is 32.5. The van der Waals surface area contributed by atoms with Crippen LogP contribution in [0.5, 0.6) is 0 Å². The molecule has 1 unspecified atom stereocenters. The highest BCUT2D eigenvalue weighted by Gasteiger charge is 2.34. The molecule has 0 aliphatic carbocycles. The number of halogens is 3. The van der Waals surface area contributed by atoms with E-state index in [1.165, 1.54) is 0 Å². The number of carbonyl (C=O) groups is 3. The van der Waals surface area contributed by atoms with Crippen LogP contribution in [0.1, 0.15) is 36.4 Å². The summed E-state index contributed by atoms with van der Waals surface area (Å²) in [7, 11) is 0. The van der Waals surface area contributed by atoms with E-state index in [-0.39, 0.29) is 37.1 Å². The van der Waals surface area contributed by atoms with Crippen molar-refractivity contribution in [3.05, 3.63) is 140 Å². The molecule has 1 atom stereocenters. The Bertz CT molecular complexity index is 1660. The van der Waals surface area contributed by atoms with Gasteiger partial charge in [0.25, 0.3) is 5.91 Å². The quantitative estimate of drug-likeness (QED) is 0.183. The highest BCUT2D eigenvalue weighted by molar-refractivity contribution is 9.11. The van der Waals surface area contributed by atoms with Crippen LogP contribution in [0.4, 0.5) is 11.4 Å². The summed E-state index contributed by atoms with van der Waals surface area (Å²) < 4.78 is 2.80. The molecule has 3 amide bonds. The molecule has 0 radical (unpaired) electrons. The van der Waals surface area contributed by atoms with E-state index >= 15 is 0 Å². The molecule has 4 aromatic carbocycles. The highest BCUT2D eigenvalue weighted by atomic mass is 79.9. The van der Waals surface area contributed by atoms with Gasteiger partial charge in [-0.25, -0.2) is 0 Å². The lowest BCUT2D eigenvalue weighted by molar-refractivity contribution is -0.140. The maximum Gasteiger partial charge on any atom is 0.254 e. The average molecular weight is 808 g/mol. The van der Waals surface area contributed by atoms with Crippen LogP contribution in [-0.2, 0) is 20.8 Å². The fourth-order valence-corrected chi connectivity index (χ4v) is 6.28. The number of hydrogen-bond acceptors (Lipinski definition) is 3. The van der Waals surface area contributed by atoms with Gasteiger partial charge in [0, 0.05) is 57.3 Å². The predicted molar refractivity (Wildman–Crippen MR) is 195 cm³/mol. The molecule has 6 nitrogen and oxygen atoms in total. The summed E-state index contributed by atoms with van der Waals surface area (Å²) in [6.07, 6.45) is 5.15. The third kappa shape index (κ3) is 8.84. The lowest BCUT2D eigenvalue weighted by atomic mass is 10.0. The first-order valence-corrected chi connectivity index (χ1v) is 17.5. The van der Waals surface area contributed by atoms with Gasteiger partial charge < -0.3 is 14.7 Å². The number of nitrogens with zero attached hydrogens (tertiary/aromatic N) is 3. The Morgan fingerprint density at radius 2 is 1.09 bits per heavy atom. The normalized spacial score (nSPS) is 17.6. The molecule has 1 heterocycles. The van der Waals surface area contributed by atoms with Crippen molar-refractivity contribution in [2.24, 2.45) is 0 Å². The summed E-state index contributed by atoms with van der Waals surface area (Å²) >= 11 is 10.5. The van der Waals surface area contributed by atoms with E-state index in [1.54, 1.807) is 14.7 Å². The van der Waals surface area contributed by atoms with E-state index < -0.39 is 6.04 Å². The van der Waals surface area contributed by atoms with Crippen LogP contribution in [0.15, 0.2) is 129 Å². The van der Waals surface area contributed by atoms with Crippen LogP contribution in [0, 0.1) is 0 Å². The second-order valence-corrected chi connectivity index (χ2v) is 13.8. The van der Waals surface area contributed by atoms with Gasteiger partial charge in [0.1, 0.15) is 6.04 Å². The van der Waals surface area contributed by atoms with Gasteiger partial charge in [0.05, 0.1) is 0 Å². The largest absolute Gasteiger partial charge is 0.326 e. The van der Waals surface area contributed by atoms with Crippen LogP contribution in [0.3, 0.4) is 0 Å².